The summed E-state index contributed by atoms with van der Waals surface area (Å²) in [5.74, 6) is -0.751. The van der Waals surface area contributed by atoms with Crippen LogP contribution in [0.4, 0.5) is 5.69 Å². The Morgan fingerprint density at radius 3 is 2.31 bits per heavy atom. The zero-order valence-electron chi connectivity index (χ0n) is 18.6. The number of rotatable bonds is 8. The SMILES string of the molecule is CC[C@H](C)NC(=O)c1ccccc1NC(=O)C1CCN(S(=O)(=O)Cc2ccccc2)CC1. The van der Waals surface area contributed by atoms with Gasteiger partial charge in [-0.1, -0.05) is 49.4 Å². The lowest BCUT2D eigenvalue weighted by atomic mass is 9.97. The third-order valence-electron chi connectivity index (χ3n) is 5.83. The number of hydrogen-bond donors (Lipinski definition) is 2. The van der Waals surface area contributed by atoms with Crippen molar-refractivity contribution >= 4 is 27.5 Å². The van der Waals surface area contributed by atoms with E-state index in [2.05, 4.69) is 10.6 Å². The maximum absolute atomic E-state index is 12.9. The molecular weight excluding hydrogens is 426 g/mol. The van der Waals surface area contributed by atoms with Crippen molar-refractivity contribution in [3.8, 4) is 0 Å². The third kappa shape index (κ3) is 6.17. The van der Waals surface area contributed by atoms with E-state index >= 15 is 0 Å². The van der Waals surface area contributed by atoms with E-state index in [9.17, 15) is 18.0 Å². The Morgan fingerprint density at radius 1 is 1.03 bits per heavy atom. The average Bonchev–Trinajstić information content (AvgIpc) is 2.79. The summed E-state index contributed by atoms with van der Waals surface area (Å²) in [6.07, 6.45) is 1.70. The van der Waals surface area contributed by atoms with E-state index in [1.54, 1.807) is 36.4 Å². The minimum atomic E-state index is -3.43. The summed E-state index contributed by atoms with van der Waals surface area (Å²) in [4.78, 5) is 25.4. The Labute approximate surface area is 190 Å². The zero-order chi connectivity index (χ0) is 23.1. The van der Waals surface area contributed by atoms with Crippen LogP contribution in [-0.4, -0.2) is 43.7 Å². The van der Waals surface area contributed by atoms with Gasteiger partial charge in [-0.2, -0.15) is 0 Å². The van der Waals surface area contributed by atoms with E-state index in [0.717, 1.165) is 12.0 Å². The summed E-state index contributed by atoms with van der Waals surface area (Å²) in [6.45, 7) is 4.54. The van der Waals surface area contributed by atoms with E-state index in [4.69, 9.17) is 0 Å². The Kier molecular flexibility index (Phi) is 8.04. The van der Waals surface area contributed by atoms with Crippen LogP contribution < -0.4 is 10.6 Å². The fraction of sp³-hybridized carbons (Fsp3) is 0.417. The topological polar surface area (TPSA) is 95.6 Å². The highest BCUT2D eigenvalue weighted by Crippen LogP contribution is 2.24. The first-order valence-corrected chi connectivity index (χ1v) is 12.6. The van der Waals surface area contributed by atoms with Gasteiger partial charge < -0.3 is 10.6 Å². The summed E-state index contributed by atoms with van der Waals surface area (Å²) in [5, 5.41) is 5.80. The zero-order valence-corrected chi connectivity index (χ0v) is 19.4. The van der Waals surface area contributed by atoms with Gasteiger partial charge in [-0.05, 0) is 43.9 Å². The standard InChI is InChI=1S/C24H31N3O4S/c1-3-18(2)25-24(29)21-11-7-8-12-22(21)26-23(28)20-13-15-27(16-14-20)32(30,31)17-19-9-5-4-6-10-19/h4-12,18,20H,3,13-17H2,1-2H3,(H,25,29)(H,26,28)/t18-/m0/s1. The van der Waals surface area contributed by atoms with Crippen molar-refractivity contribution in [1.82, 2.24) is 9.62 Å². The molecule has 0 saturated carbocycles. The van der Waals surface area contributed by atoms with Gasteiger partial charge in [0.1, 0.15) is 0 Å². The second-order valence-electron chi connectivity index (χ2n) is 8.23. The number of sulfonamides is 1. The molecule has 32 heavy (non-hydrogen) atoms. The van der Waals surface area contributed by atoms with E-state index in [-0.39, 0.29) is 29.5 Å². The highest BCUT2D eigenvalue weighted by Gasteiger charge is 2.31. The van der Waals surface area contributed by atoms with Crippen molar-refractivity contribution in [2.24, 2.45) is 5.92 Å². The molecule has 1 aliphatic rings. The smallest absolute Gasteiger partial charge is 0.253 e. The Bertz CT molecular complexity index is 1030. The third-order valence-corrected chi connectivity index (χ3v) is 7.68. The molecule has 2 N–H and O–H groups in total. The van der Waals surface area contributed by atoms with Crippen LogP contribution in [0.1, 0.15) is 49.0 Å². The maximum atomic E-state index is 12.9. The lowest BCUT2D eigenvalue weighted by Crippen LogP contribution is -2.42. The number of nitrogens with zero attached hydrogens (tertiary/aromatic N) is 1. The molecule has 7 nitrogen and oxygen atoms in total. The van der Waals surface area contributed by atoms with Gasteiger partial charge in [0.25, 0.3) is 5.91 Å². The first-order chi connectivity index (χ1) is 15.3. The Morgan fingerprint density at radius 2 is 1.66 bits per heavy atom. The predicted octanol–water partition coefficient (Wildman–Crippen LogP) is 3.40. The van der Waals surface area contributed by atoms with Gasteiger partial charge in [0.05, 0.1) is 17.0 Å². The molecule has 0 bridgehead atoms. The van der Waals surface area contributed by atoms with Crippen molar-refractivity contribution in [3.63, 3.8) is 0 Å². The molecular formula is C24H31N3O4S. The Balaban J connectivity index is 1.59. The molecule has 1 saturated heterocycles. The van der Waals surface area contributed by atoms with E-state index < -0.39 is 10.0 Å². The lowest BCUT2D eigenvalue weighted by Gasteiger charge is -2.30. The van der Waals surface area contributed by atoms with Gasteiger partial charge >= 0.3 is 0 Å². The van der Waals surface area contributed by atoms with Gasteiger partial charge in [-0.15, -0.1) is 0 Å². The molecule has 2 aromatic carbocycles. The number of anilines is 1. The summed E-state index contributed by atoms with van der Waals surface area (Å²) in [6, 6.07) is 16.1. The molecule has 1 fully saturated rings. The summed E-state index contributed by atoms with van der Waals surface area (Å²) in [5.41, 5.74) is 1.64. The summed E-state index contributed by atoms with van der Waals surface area (Å²) < 4.78 is 26.9. The van der Waals surface area contributed by atoms with Crippen molar-refractivity contribution in [2.45, 2.75) is 44.9 Å². The number of piperidine rings is 1. The highest BCUT2D eigenvalue weighted by atomic mass is 32.2. The van der Waals surface area contributed by atoms with Crippen molar-refractivity contribution < 1.29 is 18.0 Å². The summed E-state index contributed by atoms with van der Waals surface area (Å²) in [7, 11) is -3.43. The number of amides is 2. The summed E-state index contributed by atoms with van der Waals surface area (Å²) >= 11 is 0. The molecule has 1 heterocycles. The molecule has 2 amide bonds. The fourth-order valence-electron chi connectivity index (χ4n) is 3.70. The largest absolute Gasteiger partial charge is 0.350 e. The van der Waals surface area contributed by atoms with Crippen LogP contribution in [0.2, 0.25) is 0 Å². The number of carbonyl (C=O) groups excluding carboxylic acids is 2. The monoisotopic (exact) mass is 457 g/mol. The molecule has 2 aromatic rings. The van der Waals surface area contributed by atoms with Crippen LogP contribution in [0, 0.1) is 5.92 Å². The highest BCUT2D eigenvalue weighted by molar-refractivity contribution is 7.88. The van der Waals surface area contributed by atoms with Gasteiger partial charge in [0, 0.05) is 25.0 Å². The first-order valence-electron chi connectivity index (χ1n) is 11.0. The van der Waals surface area contributed by atoms with Crippen LogP contribution in [-0.2, 0) is 20.6 Å². The van der Waals surface area contributed by atoms with Crippen molar-refractivity contribution in [2.75, 3.05) is 18.4 Å². The predicted molar refractivity (Wildman–Crippen MR) is 126 cm³/mol. The molecule has 1 atom stereocenters. The van der Waals surface area contributed by atoms with Gasteiger partial charge in [0.15, 0.2) is 0 Å². The fourth-order valence-corrected chi connectivity index (χ4v) is 5.26. The molecule has 172 valence electrons. The number of hydrogen-bond acceptors (Lipinski definition) is 4. The number of para-hydroxylation sites is 1. The van der Waals surface area contributed by atoms with Crippen LogP contribution in [0.5, 0.6) is 0 Å². The molecule has 1 aliphatic heterocycles. The second-order valence-corrected chi connectivity index (χ2v) is 10.2. The average molecular weight is 458 g/mol. The number of benzene rings is 2. The van der Waals surface area contributed by atoms with Gasteiger partial charge in [0.2, 0.25) is 15.9 Å². The lowest BCUT2D eigenvalue weighted by molar-refractivity contribution is -0.120. The quantitative estimate of drug-likeness (QED) is 0.635. The van der Waals surface area contributed by atoms with Crippen LogP contribution in [0.15, 0.2) is 54.6 Å². The minimum Gasteiger partial charge on any atom is -0.350 e. The van der Waals surface area contributed by atoms with E-state index in [1.165, 1.54) is 4.31 Å². The molecule has 3 rings (SSSR count). The molecule has 0 aliphatic carbocycles. The van der Waals surface area contributed by atoms with E-state index in [1.807, 2.05) is 32.0 Å². The van der Waals surface area contributed by atoms with Crippen molar-refractivity contribution in [1.29, 1.82) is 0 Å². The van der Waals surface area contributed by atoms with Crippen molar-refractivity contribution in [3.05, 3.63) is 65.7 Å². The molecule has 0 unspecified atom stereocenters. The number of nitrogens with one attached hydrogen (secondary N) is 2. The van der Waals surface area contributed by atoms with Crippen LogP contribution in [0.25, 0.3) is 0 Å². The molecule has 0 spiro atoms. The van der Waals surface area contributed by atoms with Crippen LogP contribution in [0.3, 0.4) is 0 Å². The minimum absolute atomic E-state index is 0.0356. The molecule has 0 aromatic heterocycles. The van der Waals surface area contributed by atoms with Gasteiger partial charge in [-0.3, -0.25) is 9.59 Å². The maximum Gasteiger partial charge on any atom is 0.253 e. The second kappa shape index (κ2) is 10.7. The Hall–Kier alpha value is -2.71. The normalized spacial score (nSPS) is 16.3. The van der Waals surface area contributed by atoms with Gasteiger partial charge in [-0.25, -0.2) is 12.7 Å². The van der Waals surface area contributed by atoms with Crippen LogP contribution >= 0.6 is 0 Å². The first kappa shape index (κ1) is 23.9. The molecule has 8 heteroatoms. The van der Waals surface area contributed by atoms with E-state index in [0.29, 0.717) is 37.2 Å². The molecule has 0 radical (unpaired) electrons. The number of carbonyl (C=O) groups is 2.